The van der Waals surface area contributed by atoms with Gasteiger partial charge in [-0.25, -0.2) is 0 Å². The maximum absolute atomic E-state index is 8.87. The third-order valence-corrected chi connectivity index (χ3v) is 3.76. The van der Waals surface area contributed by atoms with Crippen molar-refractivity contribution in [3.8, 4) is 0 Å². The minimum atomic E-state index is 0.224. The van der Waals surface area contributed by atoms with E-state index < -0.39 is 0 Å². The number of hydrogen-bond acceptors (Lipinski definition) is 2. The molecule has 0 amide bonds. The summed E-state index contributed by atoms with van der Waals surface area (Å²) in [5.41, 5.74) is 6.43. The molecule has 2 heteroatoms. The van der Waals surface area contributed by atoms with Crippen molar-refractivity contribution in [2.24, 2.45) is 16.6 Å². The fourth-order valence-corrected chi connectivity index (χ4v) is 2.52. The summed E-state index contributed by atoms with van der Waals surface area (Å²) in [7, 11) is 0. The molecule has 0 aromatic carbocycles. The van der Waals surface area contributed by atoms with Crippen molar-refractivity contribution < 1.29 is 5.11 Å². The molecule has 0 radical (unpaired) electrons. The first-order valence-electron chi connectivity index (χ1n) is 4.39. The molecule has 0 bridgehead atoms. The van der Waals surface area contributed by atoms with Crippen molar-refractivity contribution in [1.82, 2.24) is 0 Å². The van der Waals surface area contributed by atoms with Crippen LogP contribution in [0.4, 0.5) is 0 Å². The largest absolute Gasteiger partial charge is 0.396 e. The Bertz CT molecular complexity index is 156. The molecule has 0 aromatic rings. The summed E-state index contributed by atoms with van der Waals surface area (Å²) in [5, 5.41) is 8.87. The van der Waals surface area contributed by atoms with Crippen LogP contribution in [0, 0.1) is 10.8 Å². The van der Waals surface area contributed by atoms with Gasteiger partial charge in [-0.05, 0) is 23.7 Å². The van der Waals surface area contributed by atoms with Crippen LogP contribution in [-0.2, 0) is 0 Å². The number of hydrogen-bond donors (Lipinski definition) is 2. The zero-order valence-corrected chi connectivity index (χ0v) is 7.72. The highest BCUT2D eigenvalue weighted by Crippen LogP contribution is 2.65. The molecule has 1 rings (SSSR count). The van der Waals surface area contributed by atoms with Crippen LogP contribution in [0.25, 0.3) is 0 Å². The van der Waals surface area contributed by atoms with Crippen molar-refractivity contribution in [3.05, 3.63) is 0 Å². The van der Waals surface area contributed by atoms with E-state index in [1.807, 2.05) is 0 Å². The smallest absolute Gasteiger partial charge is 0.0437 e. The van der Waals surface area contributed by atoms with E-state index in [0.717, 1.165) is 12.8 Å². The van der Waals surface area contributed by atoms with Gasteiger partial charge in [-0.15, -0.1) is 0 Å². The molecule has 66 valence electrons. The van der Waals surface area contributed by atoms with Crippen LogP contribution < -0.4 is 5.73 Å². The second kappa shape index (κ2) is 2.46. The van der Waals surface area contributed by atoms with E-state index in [-0.39, 0.29) is 23.5 Å². The summed E-state index contributed by atoms with van der Waals surface area (Å²) in [6, 6.07) is 0.284. The summed E-state index contributed by atoms with van der Waals surface area (Å²) in [6.07, 6.45) is 1.94. The van der Waals surface area contributed by atoms with Crippen LogP contribution in [0.15, 0.2) is 0 Å². The predicted molar refractivity (Wildman–Crippen MR) is 46.2 cm³/mol. The monoisotopic (exact) mass is 157 g/mol. The van der Waals surface area contributed by atoms with E-state index in [0.29, 0.717) is 0 Å². The van der Waals surface area contributed by atoms with Crippen molar-refractivity contribution >= 4 is 0 Å². The Morgan fingerprint density at radius 3 is 2.00 bits per heavy atom. The molecule has 1 aliphatic rings. The maximum atomic E-state index is 8.87. The van der Waals surface area contributed by atoms with E-state index in [1.165, 1.54) is 0 Å². The van der Waals surface area contributed by atoms with E-state index in [9.17, 15) is 0 Å². The molecule has 2 unspecified atom stereocenters. The molecule has 0 saturated heterocycles. The van der Waals surface area contributed by atoms with Gasteiger partial charge in [-0.1, -0.05) is 20.8 Å². The van der Waals surface area contributed by atoms with E-state index >= 15 is 0 Å². The molecule has 0 heterocycles. The van der Waals surface area contributed by atoms with Crippen molar-refractivity contribution in [2.75, 3.05) is 6.61 Å². The number of nitrogens with two attached hydrogens (primary N) is 1. The average molecular weight is 157 g/mol. The summed E-state index contributed by atoms with van der Waals surface area (Å²) < 4.78 is 0. The first-order chi connectivity index (χ1) is 5.03. The first-order valence-corrected chi connectivity index (χ1v) is 4.39. The van der Waals surface area contributed by atoms with Gasteiger partial charge in [0.05, 0.1) is 0 Å². The van der Waals surface area contributed by atoms with Gasteiger partial charge in [0.15, 0.2) is 0 Å². The Morgan fingerprint density at radius 1 is 1.45 bits per heavy atom. The fourth-order valence-electron chi connectivity index (χ4n) is 2.52. The molecule has 2 atom stereocenters. The van der Waals surface area contributed by atoms with Crippen molar-refractivity contribution in [3.63, 3.8) is 0 Å². The van der Waals surface area contributed by atoms with Crippen LogP contribution in [0.2, 0.25) is 0 Å². The van der Waals surface area contributed by atoms with Crippen LogP contribution in [-0.4, -0.2) is 17.8 Å². The van der Waals surface area contributed by atoms with Gasteiger partial charge in [-0.2, -0.15) is 0 Å². The molecule has 3 N–H and O–H groups in total. The number of aliphatic hydroxyl groups is 1. The Morgan fingerprint density at radius 2 is 1.91 bits per heavy atom. The van der Waals surface area contributed by atoms with E-state index in [1.54, 1.807) is 0 Å². The molecule has 2 nitrogen and oxygen atoms in total. The van der Waals surface area contributed by atoms with Gasteiger partial charge in [0, 0.05) is 12.6 Å². The molecular weight excluding hydrogens is 138 g/mol. The Labute approximate surface area is 68.8 Å². The van der Waals surface area contributed by atoms with Crippen molar-refractivity contribution in [2.45, 2.75) is 39.7 Å². The van der Waals surface area contributed by atoms with Gasteiger partial charge in [0.25, 0.3) is 0 Å². The standard InChI is InChI=1S/C9H19NO/c1-4-9(5-6-11)7(10)8(9,2)3/h7,11H,4-6,10H2,1-3H3. The summed E-state index contributed by atoms with van der Waals surface area (Å²) >= 11 is 0. The molecule has 1 aliphatic carbocycles. The maximum Gasteiger partial charge on any atom is 0.0437 e. The van der Waals surface area contributed by atoms with Crippen LogP contribution in [0.5, 0.6) is 0 Å². The third-order valence-electron chi connectivity index (χ3n) is 3.76. The zero-order chi connectivity index (χ0) is 8.70. The van der Waals surface area contributed by atoms with Gasteiger partial charge in [0.1, 0.15) is 0 Å². The van der Waals surface area contributed by atoms with Crippen molar-refractivity contribution in [1.29, 1.82) is 0 Å². The SMILES string of the molecule is CCC1(CCO)C(N)C1(C)C. The molecule has 0 spiro atoms. The van der Waals surface area contributed by atoms with Gasteiger partial charge < -0.3 is 10.8 Å². The highest BCUT2D eigenvalue weighted by atomic mass is 16.3. The minimum Gasteiger partial charge on any atom is -0.396 e. The van der Waals surface area contributed by atoms with Gasteiger partial charge in [-0.3, -0.25) is 0 Å². The lowest BCUT2D eigenvalue weighted by Crippen LogP contribution is -2.14. The first kappa shape index (κ1) is 9.01. The Hall–Kier alpha value is -0.0800. The van der Waals surface area contributed by atoms with Crippen LogP contribution in [0.1, 0.15) is 33.6 Å². The van der Waals surface area contributed by atoms with Crippen LogP contribution >= 0.6 is 0 Å². The Balaban J connectivity index is 2.67. The summed E-state index contributed by atoms with van der Waals surface area (Å²) in [5.74, 6) is 0. The average Bonchev–Trinajstić information content (AvgIpc) is 2.36. The molecule has 11 heavy (non-hydrogen) atoms. The molecule has 0 aromatic heterocycles. The molecule has 0 aliphatic heterocycles. The summed E-state index contributed by atoms with van der Waals surface area (Å²) in [4.78, 5) is 0. The lowest BCUT2D eigenvalue weighted by atomic mass is 9.90. The molecule has 1 fully saturated rings. The normalized spacial score (nSPS) is 40.6. The number of rotatable bonds is 3. The topological polar surface area (TPSA) is 46.2 Å². The van der Waals surface area contributed by atoms with Gasteiger partial charge >= 0.3 is 0 Å². The quantitative estimate of drug-likeness (QED) is 0.645. The molecular formula is C9H19NO. The minimum absolute atomic E-state index is 0.224. The second-order valence-electron chi connectivity index (χ2n) is 4.18. The predicted octanol–water partition coefficient (Wildman–Crippen LogP) is 1.13. The van der Waals surface area contributed by atoms with Crippen LogP contribution in [0.3, 0.4) is 0 Å². The van der Waals surface area contributed by atoms with E-state index in [2.05, 4.69) is 20.8 Å². The highest BCUT2D eigenvalue weighted by molar-refractivity contribution is 5.19. The lowest BCUT2D eigenvalue weighted by Gasteiger charge is -2.15. The lowest BCUT2D eigenvalue weighted by molar-refractivity contribution is 0.220. The highest BCUT2D eigenvalue weighted by Gasteiger charge is 2.67. The Kier molecular flexibility index (Phi) is 2.01. The molecule has 1 saturated carbocycles. The van der Waals surface area contributed by atoms with Gasteiger partial charge in [0.2, 0.25) is 0 Å². The number of aliphatic hydroxyl groups excluding tert-OH is 1. The van der Waals surface area contributed by atoms with E-state index in [4.69, 9.17) is 10.8 Å². The second-order valence-corrected chi connectivity index (χ2v) is 4.18. The zero-order valence-electron chi connectivity index (χ0n) is 7.72. The fraction of sp³-hybridized carbons (Fsp3) is 1.00. The summed E-state index contributed by atoms with van der Waals surface area (Å²) in [6.45, 7) is 6.81. The third kappa shape index (κ3) is 0.926.